The standard InChI is InChI=1S/C18H19Cl2N3O/c1-2-23(16-6-4-3-5-7-16)17-11-22(12-17)18(24)21-15-9-13(19)8-14(20)10-15/h3-10,17H,2,11-12H2,1H3,(H,21,24). The molecule has 4 nitrogen and oxygen atoms in total. The molecule has 1 aliphatic rings. The highest BCUT2D eigenvalue weighted by Crippen LogP contribution is 2.25. The lowest BCUT2D eigenvalue weighted by atomic mass is 10.1. The lowest BCUT2D eigenvalue weighted by molar-refractivity contribution is 0.161. The van der Waals surface area contributed by atoms with Crippen LogP contribution in [-0.2, 0) is 0 Å². The van der Waals surface area contributed by atoms with Crippen LogP contribution in [0.5, 0.6) is 0 Å². The molecule has 3 rings (SSSR count). The number of rotatable bonds is 4. The number of urea groups is 1. The molecule has 1 fully saturated rings. The van der Waals surface area contributed by atoms with Crippen molar-refractivity contribution in [3.63, 3.8) is 0 Å². The summed E-state index contributed by atoms with van der Waals surface area (Å²) in [7, 11) is 0. The molecule has 126 valence electrons. The lowest BCUT2D eigenvalue weighted by Crippen LogP contribution is -2.62. The number of amides is 2. The van der Waals surface area contributed by atoms with Gasteiger partial charge in [-0.2, -0.15) is 0 Å². The van der Waals surface area contributed by atoms with Crippen molar-refractivity contribution in [1.29, 1.82) is 0 Å². The van der Waals surface area contributed by atoms with Crippen LogP contribution in [0, 0.1) is 0 Å². The summed E-state index contributed by atoms with van der Waals surface area (Å²) >= 11 is 11.9. The predicted octanol–water partition coefficient (Wildman–Crippen LogP) is 4.74. The molecule has 1 heterocycles. The molecule has 0 saturated carbocycles. The molecule has 1 saturated heterocycles. The molecule has 0 aromatic heterocycles. The Labute approximate surface area is 152 Å². The Morgan fingerprint density at radius 3 is 2.38 bits per heavy atom. The van der Waals surface area contributed by atoms with E-state index in [4.69, 9.17) is 23.2 Å². The molecule has 24 heavy (non-hydrogen) atoms. The molecule has 2 amide bonds. The zero-order valence-corrected chi connectivity index (χ0v) is 14.9. The molecular weight excluding hydrogens is 345 g/mol. The van der Waals surface area contributed by atoms with E-state index in [-0.39, 0.29) is 6.03 Å². The van der Waals surface area contributed by atoms with Gasteiger partial charge in [-0.15, -0.1) is 0 Å². The molecular formula is C18H19Cl2N3O. The van der Waals surface area contributed by atoms with E-state index in [1.807, 2.05) is 18.2 Å². The number of likely N-dealkylation sites (N-methyl/N-ethyl adjacent to an activating group) is 1. The average Bonchev–Trinajstić information content (AvgIpc) is 2.50. The maximum Gasteiger partial charge on any atom is 0.321 e. The number of carbonyl (C=O) groups is 1. The monoisotopic (exact) mass is 363 g/mol. The van der Waals surface area contributed by atoms with E-state index < -0.39 is 0 Å². The second-order valence-electron chi connectivity index (χ2n) is 5.77. The molecule has 1 N–H and O–H groups in total. The SMILES string of the molecule is CCN(c1ccccc1)C1CN(C(=O)Nc2cc(Cl)cc(Cl)c2)C1. The third-order valence-corrected chi connectivity index (χ3v) is 4.57. The van der Waals surface area contributed by atoms with Crippen LogP contribution in [0.1, 0.15) is 6.92 Å². The molecule has 0 spiro atoms. The Bertz CT molecular complexity index is 697. The normalized spacial score (nSPS) is 14.2. The molecule has 2 aromatic rings. The van der Waals surface area contributed by atoms with Crippen molar-refractivity contribution in [2.24, 2.45) is 0 Å². The Morgan fingerprint density at radius 1 is 1.17 bits per heavy atom. The smallest absolute Gasteiger partial charge is 0.321 e. The van der Waals surface area contributed by atoms with Gasteiger partial charge in [0, 0.05) is 41.1 Å². The van der Waals surface area contributed by atoms with E-state index in [2.05, 4.69) is 29.3 Å². The first-order valence-electron chi connectivity index (χ1n) is 7.90. The van der Waals surface area contributed by atoms with Gasteiger partial charge in [-0.1, -0.05) is 41.4 Å². The summed E-state index contributed by atoms with van der Waals surface area (Å²) in [6.45, 7) is 4.43. The number of nitrogens with zero attached hydrogens (tertiary/aromatic N) is 2. The van der Waals surface area contributed by atoms with Gasteiger partial charge >= 0.3 is 6.03 Å². The van der Waals surface area contributed by atoms with Gasteiger partial charge in [0.2, 0.25) is 0 Å². The van der Waals surface area contributed by atoms with Gasteiger partial charge in [0.15, 0.2) is 0 Å². The predicted molar refractivity (Wildman–Crippen MR) is 100 cm³/mol. The van der Waals surface area contributed by atoms with Crippen LogP contribution in [0.15, 0.2) is 48.5 Å². The van der Waals surface area contributed by atoms with E-state index in [1.165, 1.54) is 5.69 Å². The van der Waals surface area contributed by atoms with Crippen LogP contribution in [0.25, 0.3) is 0 Å². The van der Waals surface area contributed by atoms with E-state index in [0.717, 1.165) is 6.54 Å². The number of carbonyl (C=O) groups excluding carboxylic acids is 1. The van der Waals surface area contributed by atoms with Gasteiger partial charge in [0.05, 0.1) is 6.04 Å². The Kier molecular flexibility index (Phi) is 5.17. The van der Waals surface area contributed by atoms with Gasteiger partial charge in [-0.3, -0.25) is 0 Å². The fraction of sp³-hybridized carbons (Fsp3) is 0.278. The minimum absolute atomic E-state index is 0.131. The van der Waals surface area contributed by atoms with Crippen LogP contribution in [0.4, 0.5) is 16.2 Å². The van der Waals surface area contributed by atoms with Crippen LogP contribution in [0.3, 0.4) is 0 Å². The van der Waals surface area contributed by atoms with Crippen molar-refractivity contribution < 1.29 is 4.79 Å². The van der Waals surface area contributed by atoms with Gasteiger partial charge in [0.1, 0.15) is 0 Å². The number of anilines is 2. The molecule has 6 heteroatoms. The number of hydrogen-bond donors (Lipinski definition) is 1. The zero-order chi connectivity index (χ0) is 17.1. The average molecular weight is 364 g/mol. The number of benzene rings is 2. The Hall–Kier alpha value is -1.91. The highest BCUT2D eigenvalue weighted by Gasteiger charge is 2.34. The maximum absolute atomic E-state index is 12.3. The second-order valence-corrected chi connectivity index (χ2v) is 6.64. The van der Waals surface area contributed by atoms with Gasteiger partial charge in [0.25, 0.3) is 0 Å². The number of hydrogen-bond acceptors (Lipinski definition) is 2. The largest absolute Gasteiger partial charge is 0.365 e. The van der Waals surface area contributed by atoms with Crippen molar-refractivity contribution >= 4 is 40.6 Å². The Morgan fingerprint density at radius 2 is 1.79 bits per heavy atom. The number of nitrogens with one attached hydrogen (secondary N) is 1. The summed E-state index contributed by atoms with van der Waals surface area (Å²) in [5.41, 5.74) is 1.79. The lowest BCUT2D eigenvalue weighted by Gasteiger charge is -2.46. The molecule has 0 bridgehead atoms. The highest BCUT2D eigenvalue weighted by atomic mass is 35.5. The number of likely N-dealkylation sites (tertiary alicyclic amines) is 1. The van der Waals surface area contributed by atoms with Crippen LogP contribution < -0.4 is 10.2 Å². The first-order chi connectivity index (χ1) is 11.6. The van der Waals surface area contributed by atoms with Crippen LogP contribution in [-0.4, -0.2) is 36.6 Å². The third-order valence-electron chi connectivity index (χ3n) is 4.13. The first-order valence-corrected chi connectivity index (χ1v) is 8.66. The fourth-order valence-electron chi connectivity index (χ4n) is 2.92. The molecule has 0 radical (unpaired) electrons. The van der Waals surface area contributed by atoms with E-state index in [1.54, 1.807) is 23.1 Å². The molecule has 1 aliphatic heterocycles. The van der Waals surface area contributed by atoms with Crippen LogP contribution in [0.2, 0.25) is 10.0 Å². The summed E-state index contributed by atoms with van der Waals surface area (Å²) in [5, 5.41) is 3.84. The highest BCUT2D eigenvalue weighted by molar-refractivity contribution is 6.35. The van der Waals surface area contributed by atoms with Crippen molar-refractivity contribution in [2.45, 2.75) is 13.0 Å². The quantitative estimate of drug-likeness (QED) is 0.851. The molecule has 0 unspecified atom stereocenters. The summed E-state index contributed by atoms with van der Waals surface area (Å²) in [6, 6.07) is 15.5. The van der Waals surface area contributed by atoms with Crippen molar-refractivity contribution in [1.82, 2.24) is 4.90 Å². The van der Waals surface area contributed by atoms with Crippen molar-refractivity contribution in [3.8, 4) is 0 Å². The topological polar surface area (TPSA) is 35.6 Å². The summed E-state index contributed by atoms with van der Waals surface area (Å²) in [6.07, 6.45) is 0. The minimum Gasteiger partial charge on any atom is -0.365 e. The van der Waals surface area contributed by atoms with E-state index in [0.29, 0.717) is 34.9 Å². The van der Waals surface area contributed by atoms with Crippen molar-refractivity contribution in [2.75, 3.05) is 29.9 Å². The first kappa shape index (κ1) is 16.9. The van der Waals surface area contributed by atoms with Crippen LogP contribution >= 0.6 is 23.2 Å². The van der Waals surface area contributed by atoms with Gasteiger partial charge in [-0.05, 0) is 37.3 Å². The van der Waals surface area contributed by atoms with E-state index in [9.17, 15) is 4.79 Å². The third kappa shape index (κ3) is 3.77. The molecule has 0 atom stereocenters. The van der Waals surface area contributed by atoms with E-state index >= 15 is 0 Å². The maximum atomic E-state index is 12.3. The number of para-hydroxylation sites is 1. The molecule has 2 aromatic carbocycles. The van der Waals surface area contributed by atoms with Gasteiger partial charge in [-0.25, -0.2) is 4.79 Å². The summed E-state index contributed by atoms with van der Waals surface area (Å²) in [5.74, 6) is 0. The fourth-order valence-corrected chi connectivity index (χ4v) is 3.44. The summed E-state index contributed by atoms with van der Waals surface area (Å²) < 4.78 is 0. The van der Waals surface area contributed by atoms with Gasteiger partial charge < -0.3 is 15.1 Å². The Balaban J connectivity index is 1.58. The van der Waals surface area contributed by atoms with Crippen molar-refractivity contribution in [3.05, 3.63) is 58.6 Å². The molecule has 0 aliphatic carbocycles. The number of halogens is 2. The second kappa shape index (κ2) is 7.32. The zero-order valence-electron chi connectivity index (χ0n) is 13.4. The minimum atomic E-state index is -0.131. The summed E-state index contributed by atoms with van der Waals surface area (Å²) in [4.78, 5) is 16.4.